The van der Waals surface area contributed by atoms with Crippen LogP contribution in [0.4, 0.5) is 5.69 Å². The van der Waals surface area contributed by atoms with Crippen LogP contribution in [0, 0.1) is 0 Å². The first kappa shape index (κ1) is 13.0. The summed E-state index contributed by atoms with van der Waals surface area (Å²) in [7, 11) is 1.55. The number of amides is 1. The van der Waals surface area contributed by atoms with E-state index in [4.69, 9.17) is 5.73 Å². The fourth-order valence-electron chi connectivity index (χ4n) is 2.03. The lowest BCUT2D eigenvalue weighted by Crippen LogP contribution is -2.30. The fraction of sp³-hybridized carbons (Fsp3) is 0.214. The lowest BCUT2D eigenvalue weighted by molar-refractivity contribution is -0.115. The highest BCUT2D eigenvalue weighted by Crippen LogP contribution is 2.29. The van der Waals surface area contributed by atoms with Crippen LogP contribution in [0.1, 0.15) is 12.8 Å². The summed E-state index contributed by atoms with van der Waals surface area (Å²) in [5.74, 6) is -0.522. The highest BCUT2D eigenvalue weighted by molar-refractivity contribution is 6.06. The number of carbonyl (C=O) groups excluding carboxylic acids is 1. The molecule has 19 heavy (non-hydrogen) atoms. The highest BCUT2D eigenvalue weighted by atomic mass is 16.3. The molecular weight excluding hydrogens is 244 g/mol. The predicted molar refractivity (Wildman–Crippen MR) is 72.7 cm³/mol. The van der Waals surface area contributed by atoms with E-state index in [1.165, 1.54) is 11.0 Å². The molecule has 1 aromatic carbocycles. The van der Waals surface area contributed by atoms with E-state index in [-0.39, 0.29) is 28.7 Å². The van der Waals surface area contributed by atoms with Gasteiger partial charge in [0.1, 0.15) is 11.5 Å². The van der Waals surface area contributed by atoms with Gasteiger partial charge in [-0.05, 0) is 25.0 Å². The van der Waals surface area contributed by atoms with Gasteiger partial charge in [-0.15, -0.1) is 0 Å². The second kappa shape index (κ2) is 5.06. The third-order valence-electron chi connectivity index (χ3n) is 3.12. The van der Waals surface area contributed by atoms with Crippen molar-refractivity contribution in [2.45, 2.75) is 12.8 Å². The normalized spacial score (nSPS) is 15.1. The third kappa shape index (κ3) is 2.40. The van der Waals surface area contributed by atoms with Crippen LogP contribution in [-0.4, -0.2) is 23.2 Å². The molecule has 4 N–H and O–H groups in total. The minimum Gasteiger partial charge on any atom is -0.506 e. The van der Waals surface area contributed by atoms with Crippen LogP contribution in [0.25, 0.3) is 0 Å². The third-order valence-corrected chi connectivity index (χ3v) is 3.12. The van der Waals surface area contributed by atoms with Gasteiger partial charge in [0.25, 0.3) is 5.91 Å². The number of anilines is 1. The number of likely N-dealkylation sites (N-methyl/N-ethyl adjacent to an activating group) is 1. The van der Waals surface area contributed by atoms with Crippen molar-refractivity contribution in [1.29, 1.82) is 0 Å². The maximum Gasteiger partial charge on any atom is 0.257 e. The molecule has 1 amide bonds. The number of hydrogen-bond donors (Lipinski definition) is 3. The molecule has 1 aromatic rings. The number of aliphatic hydroxyl groups excluding tert-OH is 1. The SMILES string of the molecule is CN(C(=O)C1=C(O)C(N)=CCC1)c1ccccc1O. The van der Waals surface area contributed by atoms with Crippen LogP contribution in [0.2, 0.25) is 0 Å². The minimum absolute atomic E-state index is 0.0118. The average Bonchev–Trinajstić information content (AvgIpc) is 2.41. The molecule has 2 rings (SSSR count). The van der Waals surface area contributed by atoms with Crippen molar-refractivity contribution in [3.63, 3.8) is 0 Å². The summed E-state index contributed by atoms with van der Waals surface area (Å²) < 4.78 is 0. The summed E-state index contributed by atoms with van der Waals surface area (Å²) in [6.45, 7) is 0. The second-order valence-corrected chi connectivity index (χ2v) is 4.38. The molecule has 0 radical (unpaired) electrons. The maximum atomic E-state index is 12.3. The molecule has 0 atom stereocenters. The molecule has 100 valence electrons. The Labute approximate surface area is 111 Å². The largest absolute Gasteiger partial charge is 0.506 e. The van der Waals surface area contributed by atoms with Gasteiger partial charge in [0.15, 0.2) is 0 Å². The van der Waals surface area contributed by atoms with Crippen molar-refractivity contribution in [2.75, 3.05) is 11.9 Å². The number of phenols is 1. The van der Waals surface area contributed by atoms with E-state index in [1.807, 2.05) is 0 Å². The summed E-state index contributed by atoms with van der Waals surface area (Å²) in [4.78, 5) is 13.6. The molecule has 1 aliphatic rings. The Morgan fingerprint density at radius 1 is 1.32 bits per heavy atom. The van der Waals surface area contributed by atoms with Crippen molar-refractivity contribution < 1.29 is 15.0 Å². The van der Waals surface area contributed by atoms with E-state index in [1.54, 1.807) is 31.3 Å². The number of benzene rings is 1. The molecule has 0 fully saturated rings. The van der Waals surface area contributed by atoms with Gasteiger partial charge >= 0.3 is 0 Å². The summed E-state index contributed by atoms with van der Waals surface area (Å²) in [6.07, 6.45) is 2.74. The van der Waals surface area contributed by atoms with Crippen molar-refractivity contribution in [1.82, 2.24) is 0 Å². The molecule has 0 heterocycles. The van der Waals surface area contributed by atoms with Crippen LogP contribution in [0.15, 0.2) is 47.4 Å². The number of para-hydroxylation sites is 2. The molecule has 0 bridgehead atoms. The number of aromatic hydroxyl groups is 1. The van der Waals surface area contributed by atoms with Crippen LogP contribution >= 0.6 is 0 Å². The number of nitrogens with two attached hydrogens (primary N) is 1. The van der Waals surface area contributed by atoms with Crippen molar-refractivity contribution >= 4 is 11.6 Å². The second-order valence-electron chi connectivity index (χ2n) is 4.38. The molecule has 0 aliphatic heterocycles. The molecule has 0 saturated carbocycles. The van der Waals surface area contributed by atoms with Gasteiger partial charge in [0.05, 0.1) is 17.0 Å². The predicted octanol–water partition coefficient (Wildman–Crippen LogP) is 1.80. The van der Waals surface area contributed by atoms with Crippen molar-refractivity contribution in [2.24, 2.45) is 5.73 Å². The van der Waals surface area contributed by atoms with E-state index in [0.29, 0.717) is 18.5 Å². The molecular formula is C14H16N2O3. The minimum atomic E-state index is -0.366. The van der Waals surface area contributed by atoms with Crippen LogP contribution in [0.3, 0.4) is 0 Å². The quantitative estimate of drug-likeness (QED) is 0.756. The van der Waals surface area contributed by atoms with Gasteiger partial charge in [-0.1, -0.05) is 18.2 Å². The van der Waals surface area contributed by atoms with Gasteiger partial charge in [-0.3, -0.25) is 4.79 Å². The van der Waals surface area contributed by atoms with Gasteiger partial charge in [-0.25, -0.2) is 0 Å². The first-order valence-corrected chi connectivity index (χ1v) is 5.96. The number of allylic oxidation sites excluding steroid dienone is 1. The smallest absolute Gasteiger partial charge is 0.257 e. The number of aliphatic hydroxyl groups is 1. The number of hydrogen-bond acceptors (Lipinski definition) is 4. The Kier molecular flexibility index (Phi) is 3.46. The maximum absolute atomic E-state index is 12.3. The fourth-order valence-corrected chi connectivity index (χ4v) is 2.03. The zero-order chi connectivity index (χ0) is 14.0. The van der Waals surface area contributed by atoms with Crippen molar-refractivity contribution in [3.05, 3.63) is 47.4 Å². The summed E-state index contributed by atoms with van der Waals surface area (Å²) >= 11 is 0. The zero-order valence-electron chi connectivity index (χ0n) is 10.6. The molecule has 0 saturated heterocycles. The van der Waals surface area contributed by atoms with Crippen molar-refractivity contribution in [3.8, 4) is 5.75 Å². The first-order valence-electron chi connectivity index (χ1n) is 5.96. The molecule has 5 nitrogen and oxygen atoms in total. The Bertz CT molecular complexity index is 576. The average molecular weight is 260 g/mol. The highest BCUT2D eigenvalue weighted by Gasteiger charge is 2.24. The van der Waals surface area contributed by atoms with Gasteiger partial charge in [-0.2, -0.15) is 0 Å². The van der Waals surface area contributed by atoms with E-state index >= 15 is 0 Å². The topological polar surface area (TPSA) is 86.8 Å². The van der Waals surface area contributed by atoms with Crippen LogP contribution in [0.5, 0.6) is 5.75 Å². The standard InChI is InChI=1S/C14H16N2O3/c1-16(11-7-2-3-8-12(11)17)14(19)9-5-4-6-10(15)13(9)18/h2-3,6-8,17-18H,4-5,15H2,1H3. The monoisotopic (exact) mass is 260 g/mol. The van der Waals surface area contributed by atoms with Crippen LogP contribution < -0.4 is 10.6 Å². The zero-order valence-corrected chi connectivity index (χ0v) is 10.6. The van der Waals surface area contributed by atoms with E-state index in [2.05, 4.69) is 0 Å². The number of rotatable bonds is 2. The Morgan fingerprint density at radius 2 is 2.00 bits per heavy atom. The molecule has 0 spiro atoms. The van der Waals surface area contributed by atoms with E-state index in [0.717, 1.165) is 0 Å². The Balaban J connectivity index is 2.33. The van der Waals surface area contributed by atoms with E-state index < -0.39 is 0 Å². The van der Waals surface area contributed by atoms with E-state index in [9.17, 15) is 15.0 Å². The van der Waals surface area contributed by atoms with Crippen LogP contribution in [-0.2, 0) is 4.79 Å². The summed E-state index contributed by atoms with van der Waals surface area (Å²) in [5.41, 5.74) is 6.49. The first-order chi connectivity index (χ1) is 9.02. The number of phenolic OH excluding ortho intramolecular Hbond substituents is 1. The molecule has 1 aliphatic carbocycles. The summed E-state index contributed by atoms with van der Waals surface area (Å²) in [5, 5.41) is 19.6. The molecule has 0 unspecified atom stereocenters. The Morgan fingerprint density at radius 3 is 2.68 bits per heavy atom. The summed E-state index contributed by atoms with van der Waals surface area (Å²) in [6, 6.07) is 6.53. The number of nitrogens with zero attached hydrogens (tertiary/aromatic N) is 1. The Hall–Kier alpha value is -2.43. The number of carbonyl (C=O) groups is 1. The lowest BCUT2D eigenvalue weighted by atomic mass is 10.00. The van der Waals surface area contributed by atoms with Gasteiger partial charge < -0.3 is 20.8 Å². The van der Waals surface area contributed by atoms with Gasteiger partial charge in [0.2, 0.25) is 0 Å². The van der Waals surface area contributed by atoms with Gasteiger partial charge in [0, 0.05) is 7.05 Å². The molecule has 0 aromatic heterocycles. The molecule has 5 heteroatoms. The lowest BCUT2D eigenvalue weighted by Gasteiger charge is -2.22.